The van der Waals surface area contributed by atoms with Crippen LogP contribution in [0.2, 0.25) is 0 Å². The molecule has 0 aromatic carbocycles. The molecule has 102 valence electrons. The van der Waals surface area contributed by atoms with E-state index in [-0.39, 0.29) is 11.5 Å². The summed E-state index contributed by atoms with van der Waals surface area (Å²) in [6.07, 6.45) is 1.58. The molecule has 0 aliphatic rings. The van der Waals surface area contributed by atoms with E-state index in [1.807, 2.05) is 19.0 Å². The standard InChI is InChI=1S/C11H16N6O2/c1-16(2)4-3-13-8-6-17-9(14-11(12)15-17)5-7(8)10(18)19/h5-6,13H,3-4H2,1-2H3,(H2,12,15)(H,18,19). The molecule has 0 radical (unpaired) electrons. The van der Waals surface area contributed by atoms with Gasteiger partial charge < -0.3 is 21.1 Å². The predicted octanol–water partition coefficient (Wildman–Crippen LogP) is -0.0168. The van der Waals surface area contributed by atoms with E-state index in [0.29, 0.717) is 17.9 Å². The number of hydrogen-bond acceptors (Lipinski definition) is 6. The third-order valence-electron chi connectivity index (χ3n) is 2.59. The Hall–Kier alpha value is -2.35. The van der Waals surface area contributed by atoms with Crippen molar-refractivity contribution in [1.29, 1.82) is 0 Å². The Morgan fingerprint density at radius 2 is 2.32 bits per heavy atom. The Morgan fingerprint density at radius 3 is 2.95 bits per heavy atom. The fraction of sp³-hybridized carbons (Fsp3) is 0.364. The molecule has 0 unspecified atom stereocenters. The van der Waals surface area contributed by atoms with Crippen molar-refractivity contribution in [3.8, 4) is 0 Å². The van der Waals surface area contributed by atoms with Gasteiger partial charge in [-0.05, 0) is 20.2 Å². The lowest BCUT2D eigenvalue weighted by atomic mass is 10.2. The van der Waals surface area contributed by atoms with Gasteiger partial charge in [0.15, 0.2) is 5.65 Å². The maximum absolute atomic E-state index is 11.2. The molecule has 8 heteroatoms. The third kappa shape index (κ3) is 2.91. The van der Waals surface area contributed by atoms with Gasteiger partial charge in [0.1, 0.15) is 0 Å². The molecule has 0 atom stereocenters. The van der Waals surface area contributed by atoms with Crippen LogP contribution in [0.1, 0.15) is 10.4 Å². The number of aromatic carboxylic acids is 1. The summed E-state index contributed by atoms with van der Waals surface area (Å²) in [4.78, 5) is 17.2. The van der Waals surface area contributed by atoms with Gasteiger partial charge in [0.05, 0.1) is 17.4 Å². The zero-order valence-electron chi connectivity index (χ0n) is 10.8. The average Bonchev–Trinajstić information content (AvgIpc) is 2.66. The van der Waals surface area contributed by atoms with Crippen molar-refractivity contribution < 1.29 is 9.90 Å². The molecule has 0 bridgehead atoms. The van der Waals surface area contributed by atoms with Crippen LogP contribution < -0.4 is 11.1 Å². The van der Waals surface area contributed by atoms with E-state index >= 15 is 0 Å². The minimum Gasteiger partial charge on any atom is -0.478 e. The first-order valence-corrected chi connectivity index (χ1v) is 5.75. The molecular weight excluding hydrogens is 248 g/mol. The molecule has 0 fully saturated rings. The molecule has 0 amide bonds. The highest BCUT2D eigenvalue weighted by atomic mass is 16.4. The maximum atomic E-state index is 11.2. The van der Waals surface area contributed by atoms with Crippen LogP contribution in [0.25, 0.3) is 5.65 Å². The van der Waals surface area contributed by atoms with Crippen molar-refractivity contribution in [3.05, 3.63) is 17.8 Å². The minimum absolute atomic E-state index is 0.113. The second-order valence-electron chi connectivity index (χ2n) is 4.41. The van der Waals surface area contributed by atoms with E-state index < -0.39 is 5.97 Å². The van der Waals surface area contributed by atoms with Gasteiger partial charge >= 0.3 is 5.97 Å². The number of aromatic nitrogens is 3. The van der Waals surface area contributed by atoms with Gasteiger partial charge in [-0.3, -0.25) is 0 Å². The zero-order chi connectivity index (χ0) is 14.0. The number of anilines is 2. The zero-order valence-corrected chi connectivity index (χ0v) is 10.8. The second kappa shape index (κ2) is 5.11. The lowest BCUT2D eigenvalue weighted by molar-refractivity contribution is 0.0698. The Morgan fingerprint density at radius 1 is 1.58 bits per heavy atom. The summed E-state index contributed by atoms with van der Waals surface area (Å²) in [6, 6.07) is 1.45. The van der Waals surface area contributed by atoms with Crippen LogP contribution in [0.4, 0.5) is 11.6 Å². The molecule has 0 spiro atoms. The number of nitrogens with zero attached hydrogens (tertiary/aromatic N) is 4. The summed E-state index contributed by atoms with van der Waals surface area (Å²) in [5.74, 6) is -0.904. The van der Waals surface area contributed by atoms with Gasteiger partial charge in [-0.15, -0.1) is 5.10 Å². The van der Waals surface area contributed by atoms with E-state index in [0.717, 1.165) is 6.54 Å². The van der Waals surface area contributed by atoms with Crippen molar-refractivity contribution >= 4 is 23.3 Å². The summed E-state index contributed by atoms with van der Waals surface area (Å²) in [5, 5.41) is 16.2. The number of rotatable bonds is 5. The Bertz CT molecular complexity index is 606. The van der Waals surface area contributed by atoms with Crippen molar-refractivity contribution in [2.24, 2.45) is 0 Å². The van der Waals surface area contributed by atoms with E-state index in [2.05, 4.69) is 15.4 Å². The summed E-state index contributed by atoms with van der Waals surface area (Å²) in [7, 11) is 3.89. The number of fused-ring (bicyclic) bond motifs is 1. The number of pyridine rings is 1. The van der Waals surface area contributed by atoms with E-state index in [4.69, 9.17) is 5.73 Å². The van der Waals surface area contributed by atoms with Crippen molar-refractivity contribution in [3.63, 3.8) is 0 Å². The van der Waals surface area contributed by atoms with Crippen LogP contribution in [0.3, 0.4) is 0 Å². The molecule has 0 aliphatic carbocycles. The van der Waals surface area contributed by atoms with Crippen LogP contribution in [-0.2, 0) is 0 Å². The molecule has 2 heterocycles. The quantitative estimate of drug-likeness (QED) is 0.696. The van der Waals surface area contributed by atoms with Gasteiger partial charge in [0, 0.05) is 13.1 Å². The largest absolute Gasteiger partial charge is 0.478 e. The van der Waals surface area contributed by atoms with Gasteiger partial charge in [0.25, 0.3) is 0 Å². The molecule has 2 rings (SSSR count). The number of nitrogens with one attached hydrogen (secondary N) is 1. The van der Waals surface area contributed by atoms with Crippen LogP contribution in [-0.4, -0.2) is 57.8 Å². The Balaban J connectivity index is 2.33. The number of likely N-dealkylation sites (N-methyl/N-ethyl adjacent to an activating group) is 1. The predicted molar refractivity (Wildman–Crippen MR) is 71.4 cm³/mol. The molecule has 8 nitrogen and oxygen atoms in total. The number of hydrogen-bond donors (Lipinski definition) is 3. The average molecular weight is 264 g/mol. The molecule has 0 aliphatic heterocycles. The number of carbonyl (C=O) groups is 1. The normalized spacial score (nSPS) is 11.1. The van der Waals surface area contributed by atoms with Gasteiger partial charge in [-0.2, -0.15) is 4.98 Å². The first-order valence-electron chi connectivity index (χ1n) is 5.75. The van der Waals surface area contributed by atoms with Gasteiger partial charge in [-0.1, -0.05) is 0 Å². The topological polar surface area (TPSA) is 109 Å². The molecule has 0 saturated heterocycles. The molecular formula is C11H16N6O2. The number of carboxylic acid groups (broad SMARTS) is 1. The first-order chi connectivity index (χ1) is 8.97. The SMILES string of the molecule is CN(C)CCNc1cn2nc(N)nc2cc1C(=O)O. The molecule has 19 heavy (non-hydrogen) atoms. The lowest BCUT2D eigenvalue weighted by Gasteiger charge is -2.13. The highest BCUT2D eigenvalue weighted by Gasteiger charge is 2.13. The lowest BCUT2D eigenvalue weighted by Crippen LogP contribution is -2.21. The monoisotopic (exact) mass is 264 g/mol. The van der Waals surface area contributed by atoms with Crippen molar-refractivity contribution in [1.82, 2.24) is 19.5 Å². The maximum Gasteiger partial charge on any atom is 0.337 e. The highest BCUT2D eigenvalue weighted by molar-refractivity contribution is 5.95. The van der Waals surface area contributed by atoms with Crippen LogP contribution >= 0.6 is 0 Å². The van der Waals surface area contributed by atoms with Gasteiger partial charge in [0.2, 0.25) is 5.95 Å². The van der Waals surface area contributed by atoms with Crippen molar-refractivity contribution in [2.75, 3.05) is 38.2 Å². The Labute approximate surface area is 109 Å². The van der Waals surface area contributed by atoms with Crippen molar-refractivity contribution in [2.45, 2.75) is 0 Å². The summed E-state index contributed by atoms with van der Waals surface area (Å²) >= 11 is 0. The molecule has 4 N–H and O–H groups in total. The number of carboxylic acids is 1. The fourth-order valence-electron chi connectivity index (χ4n) is 1.68. The highest BCUT2D eigenvalue weighted by Crippen LogP contribution is 2.17. The van der Waals surface area contributed by atoms with Crippen LogP contribution in [0, 0.1) is 0 Å². The third-order valence-corrected chi connectivity index (χ3v) is 2.59. The molecule has 2 aromatic heterocycles. The summed E-state index contributed by atoms with van der Waals surface area (Å²) < 4.78 is 1.46. The Kier molecular flexibility index (Phi) is 3.52. The van der Waals surface area contributed by atoms with Crippen LogP contribution in [0.5, 0.6) is 0 Å². The summed E-state index contributed by atoms with van der Waals surface area (Å²) in [5.41, 5.74) is 6.54. The van der Waals surface area contributed by atoms with E-state index in [1.54, 1.807) is 6.20 Å². The first kappa shape index (κ1) is 13.1. The molecule has 0 saturated carbocycles. The fourth-order valence-corrected chi connectivity index (χ4v) is 1.68. The minimum atomic E-state index is -1.02. The second-order valence-corrected chi connectivity index (χ2v) is 4.41. The number of nitrogen functional groups attached to an aromatic ring is 1. The van der Waals surface area contributed by atoms with Crippen LogP contribution in [0.15, 0.2) is 12.3 Å². The molecule has 2 aromatic rings. The van der Waals surface area contributed by atoms with Gasteiger partial charge in [-0.25, -0.2) is 9.31 Å². The summed E-state index contributed by atoms with van der Waals surface area (Å²) in [6.45, 7) is 1.42. The smallest absolute Gasteiger partial charge is 0.337 e. The van der Waals surface area contributed by atoms with E-state index in [9.17, 15) is 9.90 Å². The van der Waals surface area contributed by atoms with E-state index in [1.165, 1.54) is 10.6 Å². The number of nitrogens with two attached hydrogens (primary N) is 1.